The predicted octanol–water partition coefficient (Wildman–Crippen LogP) is 4.15. The molecule has 0 saturated heterocycles. The molecule has 0 bridgehead atoms. The van der Waals surface area contributed by atoms with Crippen molar-refractivity contribution in [2.45, 2.75) is 13.0 Å². The van der Waals surface area contributed by atoms with E-state index in [1.165, 1.54) is 13.0 Å². The molecule has 4 rings (SSSR count). The molecule has 31 heavy (non-hydrogen) atoms. The monoisotopic (exact) mass is 417 g/mol. The second-order valence-corrected chi connectivity index (χ2v) is 6.89. The van der Waals surface area contributed by atoms with Gasteiger partial charge in [-0.15, -0.1) is 0 Å². The van der Waals surface area contributed by atoms with Gasteiger partial charge in [-0.3, -0.25) is 9.59 Å². The van der Waals surface area contributed by atoms with E-state index < -0.39 is 18.0 Å². The van der Waals surface area contributed by atoms with E-state index in [4.69, 9.17) is 14.2 Å². The van der Waals surface area contributed by atoms with Crippen molar-refractivity contribution in [1.82, 2.24) is 0 Å². The maximum Gasteiger partial charge on any atom is 0.339 e. The van der Waals surface area contributed by atoms with Gasteiger partial charge in [0.15, 0.2) is 17.3 Å². The lowest BCUT2D eigenvalue weighted by Crippen LogP contribution is -2.26. The number of carbonyl (C=O) groups is 3. The molecular formula is C24H19NO6. The van der Waals surface area contributed by atoms with Gasteiger partial charge in [-0.2, -0.15) is 0 Å². The number of hydrogen-bond acceptors (Lipinski definition) is 6. The van der Waals surface area contributed by atoms with Gasteiger partial charge in [0.2, 0.25) is 12.9 Å². The molecule has 0 unspecified atom stereocenters. The van der Waals surface area contributed by atoms with E-state index >= 15 is 0 Å². The molecular weight excluding hydrogens is 398 g/mol. The maximum absolute atomic E-state index is 13.0. The molecule has 1 amide bonds. The molecule has 1 aliphatic rings. The van der Waals surface area contributed by atoms with Gasteiger partial charge in [0.25, 0.3) is 5.91 Å². The summed E-state index contributed by atoms with van der Waals surface area (Å²) < 4.78 is 16.1. The van der Waals surface area contributed by atoms with Crippen molar-refractivity contribution in [2.75, 3.05) is 12.1 Å². The Morgan fingerprint density at radius 3 is 2.42 bits per heavy atom. The standard InChI is InChI=1S/C24H19NO6/c1-15(26)17-8-5-9-19(12-17)25-23(27)22(16-6-3-2-4-7-16)31-24(28)18-10-11-20-21(13-18)30-14-29-20/h2-13,22H,14H2,1H3,(H,25,27)/t22-/m0/s1. The first kappa shape index (κ1) is 20.2. The zero-order chi connectivity index (χ0) is 21.8. The first-order valence-electron chi connectivity index (χ1n) is 9.59. The lowest BCUT2D eigenvalue weighted by Gasteiger charge is -2.18. The number of anilines is 1. The fourth-order valence-corrected chi connectivity index (χ4v) is 3.12. The van der Waals surface area contributed by atoms with Gasteiger partial charge in [-0.25, -0.2) is 4.79 Å². The molecule has 7 heteroatoms. The van der Waals surface area contributed by atoms with Crippen molar-refractivity contribution in [3.05, 3.63) is 89.5 Å². The van der Waals surface area contributed by atoms with Gasteiger partial charge in [0.1, 0.15) is 0 Å². The molecule has 0 aliphatic carbocycles. The first-order valence-corrected chi connectivity index (χ1v) is 9.59. The Kier molecular flexibility index (Phi) is 5.66. The highest BCUT2D eigenvalue weighted by Crippen LogP contribution is 2.33. The normalized spacial score (nSPS) is 12.7. The minimum Gasteiger partial charge on any atom is -0.454 e. The summed E-state index contributed by atoms with van der Waals surface area (Å²) in [5.74, 6) is -0.360. The molecule has 0 saturated carbocycles. The average Bonchev–Trinajstić information content (AvgIpc) is 3.26. The lowest BCUT2D eigenvalue weighted by atomic mass is 10.1. The van der Waals surface area contributed by atoms with Crippen molar-refractivity contribution < 1.29 is 28.6 Å². The highest BCUT2D eigenvalue weighted by atomic mass is 16.7. The molecule has 1 N–H and O–H groups in total. The van der Waals surface area contributed by atoms with Gasteiger partial charge in [0.05, 0.1) is 5.56 Å². The van der Waals surface area contributed by atoms with Crippen LogP contribution in [0.2, 0.25) is 0 Å². The Morgan fingerprint density at radius 1 is 0.871 bits per heavy atom. The number of ether oxygens (including phenoxy) is 3. The maximum atomic E-state index is 13.0. The van der Waals surface area contributed by atoms with Crippen LogP contribution in [-0.2, 0) is 9.53 Å². The highest BCUT2D eigenvalue weighted by Gasteiger charge is 2.27. The second-order valence-electron chi connectivity index (χ2n) is 6.89. The molecule has 3 aromatic rings. The summed E-state index contributed by atoms with van der Waals surface area (Å²) in [6, 6.07) is 19.9. The number of amides is 1. The van der Waals surface area contributed by atoms with Crippen LogP contribution in [0.15, 0.2) is 72.8 Å². The highest BCUT2D eigenvalue weighted by molar-refractivity contribution is 6.00. The van der Waals surface area contributed by atoms with Crippen molar-refractivity contribution in [3.63, 3.8) is 0 Å². The summed E-state index contributed by atoms with van der Waals surface area (Å²) in [5.41, 5.74) is 1.64. The Labute approximate surface area is 178 Å². The summed E-state index contributed by atoms with van der Waals surface area (Å²) in [5, 5.41) is 2.72. The minimum atomic E-state index is -1.19. The Balaban J connectivity index is 1.57. The number of benzene rings is 3. The molecule has 3 aromatic carbocycles. The summed E-state index contributed by atoms with van der Waals surface area (Å²) >= 11 is 0. The molecule has 1 heterocycles. The zero-order valence-corrected chi connectivity index (χ0v) is 16.7. The molecule has 156 valence electrons. The van der Waals surface area contributed by atoms with E-state index in [0.29, 0.717) is 28.3 Å². The molecule has 0 spiro atoms. The van der Waals surface area contributed by atoms with E-state index in [0.717, 1.165) is 0 Å². The Bertz CT molecular complexity index is 1140. The van der Waals surface area contributed by atoms with Crippen molar-refractivity contribution in [1.29, 1.82) is 0 Å². The SMILES string of the molecule is CC(=O)c1cccc(NC(=O)[C@@H](OC(=O)c2ccc3c(c2)OCO3)c2ccccc2)c1. The largest absolute Gasteiger partial charge is 0.454 e. The van der Waals surface area contributed by atoms with Gasteiger partial charge >= 0.3 is 5.97 Å². The predicted molar refractivity (Wildman–Crippen MR) is 112 cm³/mol. The van der Waals surface area contributed by atoms with Gasteiger partial charge in [-0.05, 0) is 37.3 Å². The van der Waals surface area contributed by atoms with Crippen LogP contribution in [0.5, 0.6) is 11.5 Å². The van der Waals surface area contributed by atoms with Crippen molar-refractivity contribution in [3.8, 4) is 11.5 Å². The smallest absolute Gasteiger partial charge is 0.339 e. The van der Waals surface area contributed by atoms with Crippen LogP contribution in [0.1, 0.15) is 39.3 Å². The van der Waals surface area contributed by atoms with E-state index in [9.17, 15) is 14.4 Å². The summed E-state index contributed by atoms with van der Waals surface area (Å²) in [7, 11) is 0. The number of nitrogens with one attached hydrogen (secondary N) is 1. The van der Waals surface area contributed by atoms with Gasteiger partial charge in [0, 0.05) is 16.8 Å². The van der Waals surface area contributed by atoms with Gasteiger partial charge in [-0.1, -0.05) is 42.5 Å². The molecule has 0 radical (unpaired) electrons. The lowest BCUT2D eigenvalue weighted by molar-refractivity contribution is -0.125. The quantitative estimate of drug-likeness (QED) is 0.479. The molecule has 1 aliphatic heterocycles. The minimum absolute atomic E-state index is 0.0855. The van der Waals surface area contributed by atoms with E-state index in [-0.39, 0.29) is 18.1 Å². The Hall–Kier alpha value is -4.13. The van der Waals surface area contributed by atoms with Crippen LogP contribution in [-0.4, -0.2) is 24.5 Å². The van der Waals surface area contributed by atoms with E-state index in [2.05, 4.69) is 5.32 Å². The van der Waals surface area contributed by atoms with E-state index in [1.54, 1.807) is 66.7 Å². The zero-order valence-electron chi connectivity index (χ0n) is 16.7. The fourth-order valence-electron chi connectivity index (χ4n) is 3.12. The van der Waals surface area contributed by atoms with Crippen LogP contribution in [0, 0.1) is 0 Å². The summed E-state index contributed by atoms with van der Waals surface area (Å²) in [6.45, 7) is 1.53. The third-order valence-corrected chi connectivity index (χ3v) is 4.71. The van der Waals surface area contributed by atoms with Crippen molar-refractivity contribution in [2.24, 2.45) is 0 Å². The van der Waals surface area contributed by atoms with Crippen LogP contribution in [0.3, 0.4) is 0 Å². The number of carbonyl (C=O) groups excluding carboxylic acids is 3. The number of esters is 1. The summed E-state index contributed by atoms with van der Waals surface area (Å²) in [4.78, 5) is 37.4. The number of Topliss-reactive ketones (excluding diaryl/α,β-unsaturated/α-hetero) is 1. The average molecular weight is 417 g/mol. The second kappa shape index (κ2) is 8.71. The number of fused-ring (bicyclic) bond motifs is 1. The molecule has 7 nitrogen and oxygen atoms in total. The van der Waals surface area contributed by atoms with Crippen LogP contribution in [0.25, 0.3) is 0 Å². The molecule has 0 fully saturated rings. The van der Waals surface area contributed by atoms with Crippen molar-refractivity contribution >= 4 is 23.3 Å². The van der Waals surface area contributed by atoms with Crippen LogP contribution < -0.4 is 14.8 Å². The third kappa shape index (κ3) is 4.56. The number of hydrogen-bond donors (Lipinski definition) is 1. The summed E-state index contributed by atoms with van der Waals surface area (Å²) in [6.07, 6.45) is -1.19. The first-order chi connectivity index (χ1) is 15.0. The topological polar surface area (TPSA) is 90.9 Å². The molecule has 0 aromatic heterocycles. The van der Waals surface area contributed by atoms with E-state index in [1.807, 2.05) is 0 Å². The number of rotatable bonds is 6. The third-order valence-electron chi connectivity index (χ3n) is 4.71. The Morgan fingerprint density at radius 2 is 1.65 bits per heavy atom. The number of ketones is 1. The van der Waals surface area contributed by atoms with Crippen LogP contribution in [0.4, 0.5) is 5.69 Å². The van der Waals surface area contributed by atoms with Crippen LogP contribution >= 0.6 is 0 Å². The van der Waals surface area contributed by atoms with Gasteiger partial charge < -0.3 is 19.5 Å². The molecule has 1 atom stereocenters. The fraction of sp³-hybridized carbons (Fsp3) is 0.125.